The number of carbonyl (C=O) groups is 1. The molecule has 6 nitrogen and oxygen atoms in total. The number of hydrogen-bond acceptors (Lipinski definition) is 6. The number of carbonyl (C=O) groups excluding carboxylic acids is 1. The zero-order valence-corrected chi connectivity index (χ0v) is 16.4. The summed E-state index contributed by atoms with van der Waals surface area (Å²) in [5, 5.41) is 3.12. The van der Waals surface area contributed by atoms with Crippen LogP contribution in [0.3, 0.4) is 0 Å². The second-order valence-corrected chi connectivity index (χ2v) is 9.49. The molecule has 0 bridgehead atoms. The van der Waals surface area contributed by atoms with Crippen molar-refractivity contribution in [3.63, 3.8) is 0 Å². The van der Waals surface area contributed by atoms with E-state index in [0.29, 0.717) is 13.1 Å². The lowest BCUT2D eigenvalue weighted by molar-refractivity contribution is -0.128. The third-order valence-corrected chi connectivity index (χ3v) is 6.85. The van der Waals surface area contributed by atoms with Gasteiger partial charge in [-0.1, -0.05) is 18.2 Å². The minimum atomic E-state index is -3.59. The number of aryl methyl sites for hydroxylation is 1. The molecule has 1 saturated heterocycles. The van der Waals surface area contributed by atoms with Gasteiger partial charge >= 0.3 is 0 Å². The Morgan fingerprint density at radius 3 is 2.62 bits per heavy atom. The molecule has 2 heterocycles. The lowest BCUT2D eigenvalue weighted by atomic mass is 10.3. The predicted molar refractivity (Wildman–Crippen MR) is 102 cm³/mol. The minimum absolute atomic E-state index is 0.198. The molecule has 0 radical (unpaired) electrons. The molecule has 1 aromatic carbocycles. The monoisotopic (exact) mass is 393 g/mol. The van der Waals surface area contributed by atoms with Crippen LogP contribution in [-0.4, -0.2) is 61.0 Å². The molecule has 0 aliphatic carbocycles. The van der Waals surface area contributed by atoms with Crippen LogP contribution in [0.1, 0.15) is 17.1 Å². The molecule has 0 N–H and O–H groups in total. The number of benzene rings is 1. The Morgan fingerprint density at radius 1 is 1.15 bits per heavy atom. The fourth-order valence-electron chi connectivity index (χ4n) is 3.05. The number of hydrogen-bond donors (Lipinski definition) is 0. The summed E-state index contributed by atoms with van der Waals surface area (Å²) < 4.78 is 24.8. The lowest BCUT2D eigenvalue weighted by Crippen LogP contribution is -2.38. The van der Waals surface area contributed by atoms with Gasteiger partial charge in [-0.15, -0.1) is 11.3 Å². The third kappa shape index (κ3) is 4.90. The largest absolute Gasteiger partial charge is 0.340 e. The van der Waals surface area contributed by atoms with E-state index in [1.807, 2.05) is 6.92 Å². The topological polar surface area (TPSA) is 70.6 Å². The quantitative estimate of drug-likeness (QED) is 0.777. The van der Waals surface area contributed by atoms with Crippen LogP contribution < -0.4 is 0 Å². The van der Waals surface area contributed by atoms with E-state index in [2.05, 4.69) is 15.3 Å². The van der Waals surface area contributed by atoms with E-state index in [1.54, 1.807) is 34.4 Å². The predicted octanol–water partition coefficient (Wildman–Crippen LogP) is 1.96. The number of rotatable bonds is 5. The van der Waals surface area contributed by atoms with Crippen molar-refractivity contribution >= 4 is 27.1 Å². The van der Waals surface area contributed by atoms with Crippen molar-refractivity contribution in [1.29, 1.82) is 0 Å². The van der Waals surface area contributed by atoms with E-state index in [9.17, 15) is 13.2 Å². The number of nitrogens with zero attached hydrogens (tertiary/aromatic N) is 3. The molecule has 26 heavy (non-hydrogen) atoms. The number of thiazole rings is 1. The standard InChI is InChI=1S/C18H23N3O3S2/c1-15-19-16(13-25-15)12-20-8-5-9-21(11-10-20)18(22)14-26(23,24)17-6-3-2-4-7-17/h2-4,6-7,13H,5,8-12,14H2,1H3. The van der Waals surface area contributed by atoms with Gasteiger partial charge in [0.05, 0.1) is 15.6 Å². The maximum absolute atomic E-state index is 12.5. The first kappa shape index (κ1) is 19.0. The van der Waals surface area contributed by atoms with Gasteiger partial charge in [-0.05, 0) is 25.5 Å². The molecule has 1 amide bonds. The maximum atomic E-state index is 12.5. The fraction of sp³-hybridized carbons (Fsp3) is 0.444. The van der Waals surface area contributed by atoms with Gasteiger partial charge in [0.2, 0.25) is 5.91 Å². The smallest absolute Gasteiger partial charge is 0.238 e. The summed E-state index contributed by atoms with van der Waals surface area (Å²) in [7, 11) is -3.59. The first-order chi connectivity index (χ1) is 12.4. The Balaban J connectivity index is 1.57. The Hall–Kier alpha value is -1.77. The van der Waals surface area contributed by atoms with Crippen LogP contribution in [-0.2, 0) is 21.2 Å². The van der Waals surface area contributed by atoms with Crippen molar-refractivity contribution in [2.45, 2.75) is 24.8 Å². The SMILES string of the molecule is Cc1nc(CN2CCCN(C(=O)CS(=O)(=O)c3ccccc3)CC2)cs1. The van der Waals surface area contributed by atoms with Crippen molar-refractivity contribution < 1.29 is 13.2 Å². The van der Waals surface area contributed by atoms with Gasteiger partial charge in [-0.25, -0.2) is 13.4 Å². The highest BCUT2D eigenvalue weighted by atomic mass is 32.2. The summed E-state index contributed by atoms with van der Waals surface area (Å²) in [6.07, 6.45) is 0.834. The normalized spacial score (nSPS) is 16.4. The molecule has 1 aromatic heterocycles. The summed E-state index contributed by atoms with van der Waals surface area (Å²) >= 11 is 1.64. The highest BCUT2D eigenvalue weighted by Gasteiger charge is 2.25. The molecular weight excluding hydrogens is 370 g/mol. The molecular formula is C18H23N3O3S2. The summed E-state index contributed by atoms with van der Waals surface area (Å²) in [4.78, 5) is 21.2. The van der Waals surface area contributed by atoms with Crippen molar-refractivity contribution in [2.24, 2.45) is 0 Å². The van der Waals surface area contributed by atoms with Crippen LogP contribution >= 0.6 is 11.3 Å². The lowest BCUT2D eigenvalue weighted by Gasteiger charge is -2.21. The summed E-state index contributed by atoms with van der Waals surface area (Å²) in [5.74, 6) is -0.789. The molecule has 3 rings (SSSR count). The zero-order chi connectivity index (χ0) is 18.6. The van der Waals surface area contributed by atoms with E-state index < -0.39 is 15.6 Å². The van der Waals surface area contributed by atoms with Crippen LogP contribution in [0.15, 0.2) is 40.6 Å². The van der Waals surface area contributed by atoms with Gasteiger partial charge in [0.15, 0.2) is 9.84 Å². The van der Waals surface area contributed by atoms with Gasteiger partial charge in [0, 0.05) is 38.1 Å². The van der Waals surface area contributed by atoms with E-state index in [4.69, 9.17) is 0 Å². The first-order valence-electron chi connectivity index (χ1n) is 8.63. The Bertz CT molecular complexity index is 850. The summed E-state index contributed by atoms with van der Waals surface area (Å²) in [6.45, 7) is 5.51. The molecule has 1 aliphatic rings. The molecule has 0 atom stereocenters. The fourth-order valence-corrected chi connectivity index (χ4v) is 4.90. The van der Waals surface area contributed by atoms with Gasteiger partial charge in [-0.3, -0.25) is 9.69 Å². The van der Waals surface area contributed by atoms with Gasteiger partial charge in [0.25, 0.3) is 0 Å². The molecule has 0 spiro atoms. The number of amides is 1. The third-order valence-electron chi connectivity index (χ3n) is 4.41. The van der Waals surface area contributed by atoms with E-state index in [1.165, 1.54) is 12.1 Å². The van der Waals surface area contributed by atoms with E-state index >= 15 is 0 Å². The molecule has 0 unspecified atom stereocenters. The zero-order valence-electron chi connectivity index (χ0n) is 14.8. The van der Waals surface area contributed by atoms with Gasteiger partial charge in [-0.2, -0.15) is 0 Å². The maximum Gasteiger partial charge on any atom is 0.238 e. The molecule has 8 heteroatoms. The van der Waals surface area contributed by atoms with Crippen LogP contribution in [0.4, 0.5) is 0 Å². The van der Waals surface area contributed by atoms with Gasteiger partial charge < -0.3 is 4.90 Å². The van der Waals surface area contributed by atoms with Crippen molar-refractivity contribution in [3.05, 3.63) is 46.4 Å². The van der Waals surface area contributed by atoms with Gasteiger partial charge in [0.1, 0.15) is 5.75 Å². The molecule has 1 aliphatic heterocycles. The average Bonchev–Trinajstić information content (AvgIpc) is 2.88. The minimum Gasteiger partial charge on any atom is -0.340 e. The van der Waals surface area contributed by atoms with Crippen LogP contribution in [0.25, 0.3) is 0 Å². The Morgan fingerprint density at radius 2 is 1.92 bits per heavy atom. The number of aromatic nitrogens is 1. The molecule has 1 fully saturated rings. The second-order valence-electron chi connectivity index (χ2n) is 6.44. The van der Waals surface area contributed by atoms with Crippen LogP contribution in [0.2, 0.25) is 0 Å². The number of sulfone groups is 1. The van der Waals surface area contributed by atoms with Crippen molar-refractivity contribution in [2.75, 3.05) is 31.9 Å². The van der Waals surface area contributed by atoms with Crippen molar-refractivity contribution in [3.8, 4) is 0 Å². The van der Waals surface area contributed by atoms with Crippen molar-refractivity contribution in [1.82, 2.24) is 14.8 Å². The highest BCUT2D eigenvalue weighted by molar-refractivity contribution is 7.92. The first-order valence-corrected chi connectivity index (χ1v) is 11.2. The molecule has 0 saturated carbocycles. The van der Waals surface area contributed by atoms with E-state index in [0.717, 1.165) is 36.8 Å². The Kier molecular flexibility index (Phi) is 6.05. The van der Waals surface area contributed by atoms with Crippen LogP contribution in [0.5, 0.6) is 0 Å². The molecule has 140 valence electrons. The Labute approximate surface area is 158 Å². The summed E-state index contributed by atoms with van der Waals surface area (Å²) in [6, 6.07) is 8.15. The van der Waals surface area contributed by atoms with Crippen LogP contribution in [0, 0.1) is 6.92 Å². The summed E-state index contributed by atoms with van der Waals surface area (Å²) in [5.41, 5.74) is 1.05. The highest BCUT2D eigenvalue weighted by Crippen LogP contribution is 2.14. The second kappa shape index (κ2) is 8.28. The van der Waals surface area contributed by atoms with E-state index in [-0.39, 0.29) is 10.8 Å². The average molecular weight is 394 g/mol. The molecule has 2 aromatic rings.